The van der Waals surface area contributed by atoms with Crippen molar-refractivity contribution < 1.29 is 4.74 Å². The minimum Gasteiger partial charge on any atom is -0.492 e. The van der Waals surface area contributed by atoms with Crippen molar-refractivity contribution in [2.45, 2.75) is 46.2 Å². The van der Waals surface area contributed by atoms with E-state index in [1.54, 1.807) is 6.92 Å². The van der Waals surface area contributed by atoms with E-state index < -0.39 is 11.2 Å². The summed E-state index contributed by atoms with van der Waals surface area (Å²) in [5, 5.41) is 9.04. The lowest BCUT2D eigenvalue weighted by molar-refractivity contribution is 0.291. The average Bonchev–Trinajstić information content (AvgIpc) is 2.58. The van der Waals surface area contributed by atoms with Gasteiger partial charge < -0.3 is 4.74 Å². The first-order valence-corrected chi connectivity index (χ1v) is 8.25. The molecule has 0 bridgehead atoms. The van der Waals surface area contributed by atoms with Crippen LogP contribution in [0.1, 0.15) is 38.8 Å². The van der Waals surface area contributed by atoms with Gasteiger partial charge in [0.15, 0.2) is 0 Å². The van der Waals surface area contributed by atoms with Gasteiger partial charge in [0, 0.05) is 12.7 Å². The summed E-state index contributed by atoms with van der Waals surface area (Å²) in [5.74, 6) is 0.674. The van der Waals surface area contributed by atoms with Gasteiger partial charge >= 0.3 is 5.69 Å². The van der Waals surface area contributed by atoms with Crippen LogP contribution in [0.25, 0.3) is 0 Å². The highest BCUT2D eigenvalue weighted by atomic mass is 16.5. The van der Waals surface area contributed by atoms with E-state index in [0.29, 0.717) is 12.3 Å². The van der Waals surface area contributed by atoms with Crippen molar-refractivity contribution in [2.24, 2.45) is 0 Å². The van der Waals surface area contributed by atoms with Gasteiger partial charge in [0.2, 0.25) is 0 Å². The Bertz CT molecular complexity index is 894. The van der Waals surface area contributed by atoms with Crippen molar-refractivity contribution >= 4 is 0 Å². The maximum Gasteiger partial charge on any atom is 0.331 e. The van der Waals surface area contributed by atoms with E-state index in [4.69, 9.17) is 10.00 Å². The molecule has 0 N–H and O–H groups in total. The number of nitrogens with zero attached hydrogens (tertiary/aromatic N) is 3. The molecule has 0 saturated heterocycles. The number of benzene rings is 1. The Kier molecular flexibility index (Phi) is 5.48. The molecule has 0 aliphatic carbocycles. The van der Waals surface area contributed by atoms with Gasteiger partial charge in [-0.1, -0.05) is 32.9 Å². The third-order valence-corrected chi connectivity index (χ3v) is 4.00. The third-order valence-electron chi connectivity index (χ3n) is 4.00. The Morgan fingerprint density at radius 3 is 2.32 bits per heavy atom. The monoisotopic (exact) mass is 341 g/mol. The highest BCUT2D eigenvalue weighted by Crippen LogP contribution is 2.24. The van der Waals surface area contributed by atoms with Crippen LogP contribution in [0.15, 0.2) is 40.1 Å². The molecule has 132 valence electrons. The van der Waals surface area contributed by atoms with Crippen LogP contribution in [0.4, 0.5) is 0 Å². The van der Waals surface area contributed by atoms with Crippen LogP contribution in [-0.4, -0.2) is 15.7 Å². The van der Waals surface area contributed by atoms with Crippen LogP contribution >= 0.6 is 0 Å². The summed E-state index contributed by atoms with van der Waals surface area (Å²) in [5.41, 5.74) is 0.205. The topological polar surface area (TPSA) is 77.0 Å². The van der Waals surface area contributed by atoms with Gasteiger partial charge in [0.05, 0.1) is 6.54 Å². The quantitative estimate of drug-likeness (QED) is 0.836. The Hall–Kier alpha value is -2.81. The van der Waals surface area contributed by atoms with Crippen molar-refractivity contribution in [2.75, 3.05) is 6.61 Å². The van der Waals surface area contributed by atoms with E-state index in [1.165, 1.54) is 16.3 Å². The lowest BCUT2D eigenvalue weighted by Crippen LogP contribution is -2.41. The van der Waals surface area contributed by atoms with Gasteiger partial charge in [-0.15, -0.1) is 0 Å². The van der Waals surface area contributed by atoms with Crippen LogP contribution < -0.4 is 16.0 Å². The summed E-state index contributed by atoms with van der Waals surface area (Å²) in [7, 11) is 0. The smallest absolute Gasteiger partial charge is 0.331 e. The number of aromatic nitrogens is 2. The standard InChI is InChI=1S/C19H23N3O3/c1-5-21-13-14(12-20)17(23)22(18(21)24)10-11-25-16-8-6-15(7-9-16)19(2,3)4/h6-9,13H,5,10-11H2,1-4H3. The second-order valence-corrected chi connectivity index (χ2v) is 6.80. The van der Waals surface area contributed by atoms with Gasteiger partial charge in [-0.2, -0.15) is 5.26 Å². The highest BCUT2D eigenvalue weighted by molar-refractivity contribution is 5.31. The fourth-order valence-corrected chi connectivity index (χ4v) is 2.46. The summed E-state index contributed by atoms with van der Waals surface area (Å²) in [6.07, 6.45) is 1.30. The van der Waals surface area contributed by atoms with Gasteiger partial charge in [-0.05, 0) is 30.0 Å². The second-order valence-electron chi connectivity index (χ2n) is 6.80. The molecule has 6 nitrogen and oxygen atoms in total. The summed E-state index contributed by atoms with van der Waals surface area (Å²) in [6, 6.07) is 9.58. The van der Waals surface area contributed by atoms with Gasteiger partial charge in [0.25, 0.3) is 5.56 Å². The number of hydrogen-bond donors (Lipinski definition) is 0. The lowest BCUT2D eigenvalue weighted by Gasteiger charge is -2.19. The van der Waals surface area contributed by atoms with E-state index in [2.05, 4.69) is 20.8 Å². The van der Waals surface area contributed by atoms with Gasteiger partial charge in [-0.25, -0.2) is 4.79 Å². The SMILES string of the molecule is CCn1cc(C#N)c(=O)n(CCOc2ccc(C(C)(C)C)cc2)c1=O. The molecule has 0 amide bonds. The maximum absolute atomic E-state index is 12.2. The molecule has 0 aliphatic heterocycles. The molecule has 1 aromatic heterocycles. The van der Waals surface area contributed by atoms with Crippen molar-refractivity contribution in [1.82, 2.24) is 9.13 Å². The molecular weight excluding hydrogens is 318 g/mol. The van der Waals surface area contributed by atoms with Crippen LogP contribution in [-0.2, 0) is 18.5 Å². The second kappa shape index (κ2) is 7.39. The number of nitriles is 1. The summed E-state index contributed by atoms with van der Waals surface area (Å²) >= 11 is 0. The molecule has 0 fully saturated rings. The summed E-state index contributed by atoms with van der Waals surface area (Å²) < 4.78 is 8.04. The Morgan fingerprint density at radius 1 is 1.16 bits per heavy atom. The molecule has 0 unspecified atom stereocenters. The van der Waals surface area contributed by atoms with Crippen LogP contribution in [0, 0.1) is 11.3 Å². The molecule has 0 spiro atoms. The number of aryl methyl sites for hydroxylation is 1. The number of rotatable bonds is 5. The first-order valence-electron chi connectivity index (χ1n) is 8.25. The average molecular weight is 341 g/mol. The largest absolute Gasteiger partial charge is 0.492 e. The zero-order valence-corrected chi connectivity index (χ0v) is 15.1. The number of hydrogen-bond acceptors (Lipinski definition) is 4. The molecule has 0 atom stereocenters. The predicted octanol–water partition coefficient (Wildman–Crippen LogP) is 2.28. The van der Waals surface area contributed by atoms with Crippen LogP contribution in [0.3, 0.4) is 0 Å². The van der Waals surface area contributed by atoms with Crippen molar-refractivity contribution in [3.8, 4) is 11.8 Å². The zero-order valence-electron chi connectivity index (χ0n) is 15.1. The molecule has 0 radical (unpaired) electrons. The minimum absolute atomic E-state index is 0.0454. The third kappa shape index (κ3) is 4.18. The zero-order chi connectivity index (χ0) is 18.6. The van der Waals surface area contributed by atoms with Crippen molar-refractivity contribution in [3.05, 3.63) is 62.4 Å². The lowest BCUT2D eigenvalue weighted by atomic mass is 9.87. The molecule has 0 aliphatic rings. The van der Waals surface area contributed by atoms with E-state index in [-0.39, 0.29) is 24.1 Å². The van der Waals surface area contributed by atoms with Crippen LogP contribution in [0.5, 0.6) is 5.75 Å². The van der Waals surface area contributed by atoms with Crippen molar-refractivity contribution in [1.29, 1.82) is 5.26 Å². The summed E-state index contributed by atoms with van der Waals surface area (Å²) in [4.78, 5) is 24.4. The molecule has 1 heterocycles. The fraction of sp³-hybridized carbons (Fsp3) is 0.421. The first kappa shape index (κ1) is 18.5. The van der Waals surface area contributed by atoms with E-state index in [1.807, 2.05) is 30.3 Å². The van der Waals surface area contributed by atoms with Crippen molar-refractivity contribution in [3.63, 3.8) is 0 Å². The minimum atomic E-state index is -0.580. The first-order chi connectivity index (χ1) is 11.8. The van der Waals surface area contributed by atoms with E-state index >= 15 is 0 Å². The molecular formula is C19H23N3O3. The number of ether oxygens (including phenoxy) is 1. The predicted molar refractivity (Wildman–Crippen MR) is 96.0 cm³/mol. The van der Waals surface area contributed by atoms with E-state index in [0.717, 1.165) is 4.57 Å². The molecule has 25 heavy (non-hydrogen) atoms. The fourth-order valence-electron chi connectivity index (χ4n) is 2.46. The van der Waals surface area contributed by atoms with E-state index in [9.17, 15) is 9.59 Å². The molecule has 2 aromatic rings. The Balaban J connectivity index is 2.14. The normalized spacial score (nSPS) is 11.2. The molecule has 2 rings (SSSR count). The molecule has 0 saturated carbocycles. The maximum atomic E-state index is 12.2. The van der Waals surface area contributed by atoms with Gasteiger partial charge in [-0.3, -0.25) is 13.9 Å². The molecule has 1 aromatic carbocycles. The van der Waals surface area contributed by atoms with Crippen LogP contribution in [0.2, 0.25) is 0 Å². The Morgan fingerprint density at radius 2 is 1.80 bits per heavy atom. The highest BCUT2D eigenvalue weighted by Gasteiger charge is 2.13. The Labute approximate surface area is 146 Å². The summed E-state index contributed by atoms with van der Waals surface area (Å²) in [6.45, 7) is 8.84. The molecule has 6 heteroatoms. The van der Waals surface area contributed by atoms with Gasteiger partial charge in [0.1, 0.15) is 24.0 Å².